The van der Waals surface area contributed by atoms with E-state index in [2.05, 4.69) is 5.92 Å². The number of amides is 1. The summed E-state index contributed by atoms with van der Waals surface area (Å²) in [4.78, 5) is 13.8. The molecule has 0 N–H and O–H groups in total. The van der Waals surface area contributed by atoms with Crippen LogP contribution in [0.3, 0.4) is 0 Å². The van der Waals surface area contributed by atoms with Gasteiger partial charge in [-0.25, -0.2) is 0 Å². The van der Waals surface area contributed by atoms with E-state index in [0.29, 0.717) is 18.7 Å². The van der Waals surface area contributed by atoms with E-state index < -0.39 is 0 Å². The Morgan fingerprint density at radius 1 is 1.50 bits per heavy atom. The zero-order valence-electron chi connectivity index (χ0n) is 9.86. The Balaban J connectivity index is 2.86. The van der Waals surface area contributed by atoms with Crippen molar-refractivity contribution in [1.82, 2.24) is 4.90 Å². The van der Waals surface area contributed by atoms with Crippen LogP contribution in [0.5, 0.6) is 0 Å². The number of hydrogen-bond donors (Lipinski definition) is 0. The summed E-state index contributed by atoms with van der Waals surface area (Å²) < 4.78 is 0. The maximum absolute atomic E-state index is 12.1. The van der Waals surface area contributed by atoms with Gasteiger partial charge in [0.1, 0.15) is 0 Å². The molecule has 0 heterocycles. The SMILES string of the molecule is C#CCN(CCC)C(=O)c1cccc(C)c1. The van der Waals surface area contributed by atoms with E-state index in [0.717, 1.165) is 12.0 Å². The van der Waals surface area contributed by atoms with Gasteiger partial charge in [-0.1, -0.05) is 30.5 Å². The Morgan fingerprint density at radius 3 is 2.81 bits per heavy atom. The molecule has 0 aromatic heterocycles. The summed E-state index contributed by atoms with van der Waals surface area (Å²) in [6.07, 6.45) is 6.18. The fourth-order valence-corrected chi connectivity index (χ4v) is 1.59. The molecule has 0 saturated heterocycles. The largest absolute Gasteiger partial charge is 0.328 e. The van der Waals surface area contributed by atoms with Crippen LogP contribution >= 0.6 is 0 Å². The number of benzene rings is 1. The van der Waals surface area contributed by atoms with Gasteiger partial charge in [0.2, 0.25) is 0 Å². The highest BCUT2D eigenvalue weighted by molar-refractivity contribution is 5.94. The van der Waals surface area contributed by atoms with Crippen molar-refractivity contribution in [3.8, 4) is 12.3 Å². The van der Waals surface area contributed by atoms with Crippen LogP contribution in [0, 0.1) is 19.3 Å². The lowest BCUT2D eigenvalue weighted by Gasteiger charge is -2.19. The summed E-state index contributed by atoms with van der Waals surface area (Å²) in [5.41, 5.74) is 1.80. The molecule has 0 aliphatic heterocycles. The molecule has 0 saturated carbocycles. The Hall–Kier alpha value is -1.75. The van der Waals surface area contributed by atoms with E-state index in [1.54, 1.807) is 4.90 Å². The highest BCUT2D eigenvalue weighted by Gasteiger charge is 2.13. The van der Waals surface area contributed by atoms with Crippen molar-refractivity contribution in [3.05, 3.63) is 35.4 Å². The summed E-state index contributed by atoms with van der Waals surface area (Å²) >= 11 is 0. The van der Waals surface area contributed by atoms with Crippen molar-refractivity contribution in [2.75, 3.05) is 13.1 Å². The van der Waals surface area contributed by atoms with Gasteiger partial charge in [0.05, 0.1) is 6.54 Å². The lowest BCUT2D eigenvalue weighted by atomic mass is 10.1. The van der Waals surface area contributed by atoms with Crippen molar-refractivity contribution in [2.24, 2.45) is 0 Å². The van der Waals surface area contributed by atoms with Gasteiger partial charge in [-0.15, -0.1) is 6.42 Å². The van der Waals surface area contributed by atoms with Crippen molar-refractivity contribution in [2.45, 2.75) is 20.3 Å². The minimum atomic E-state index is 0.0171. The molecular weight excluding hydrogens is 198 g/mol. The van der Waals surface area contributed by atoms with E-state index in [9.17, 15) is 4.79 Å². The van der Waals surface area contributed by atoms with Gasteiger partial charge in [0, 0.05) is 12.1 Å². The summed E-state index contributed by atoms with van der Waals surface area (Å²) in [5.74, 6) is 2.54. The molecule has 0 radical (unpaired) electrons. The minimum Gasteiger partial charge on any atom is -0.328 e. The van der Waals surface area contributed by atoms with Gasteiger partial charge in [-0.05, 0) is 25.5 Å². The molecule has 16 heavy (non-hydrogen) atoms. The monoisotopic (exact) mass is 215 g/mol. The van der Waals surface area contributed by atoms with Crippen molar-refractivity contribution in [1.29, 1.82) is 0 Å². The lowest BCUT2D eigenvalue weighted by molar-refractivity contribution is 0.0777. The third-order valence-electron chi connectivity index (χ3n) is 2.33. The van der Waals surface area contributed by atoms with Crippen molar-refractivity contribution in [3.63, 3.8) is 0 Å². The van der Waals surface area contributed by atoms with Gasteiger partial charge in [-0.2, -0.15) is 0 Å². The average molecular weight is 215 g/mol. The first-order valence-corrected chi connectivity index (χ1v) is 5.48. The molecule has 0 spiro atoms. The fourth-order valence-electron chi connectivity index (χ4n) is 1.59. The summed E-state index contributed by atoms with van der Waals surface area (Å²) in [5, 5.41) is 0. The number of terminal acetylenes is 1. The second kappa shape index (κ2) is 5.97. The molecule has 2 nitrogen and oxygen atoms in total. The maximum atomic E-state index is 12.1. The van der Waals surface area contributed by atoms with Crippen LogP contribution in [-0.4, -0.2) is 23.9 Å². The molecular formula is C14H17NO. The maximum Gasteiger partial charge on any atom is 0.254 e. The number of carbonyl (C=O) groups excluding carboxylic acids is 1. The topological polar surface area (TPSA) is 20.3 Å². The zero-order valence-corrected chi connectivity index (χ0v) is 9.86. The van der Waals surface area contributed by atoms with E-state index in [1.165, 1.54) is 0 Å². The molecule has 0 unspecified atom stereocenters. The van der Waals surface area contributed by atoms with Gasteiger partial charge in [0.15, 0.2) is 0 Å². The second-order valence-corrected chi connectivity index (χ2v) is 3.80. The van der Waals surface area contributed by atoms with E-state index in [4.69, 9.17) is 6.42 Å². The average Bonchev–Trinajstić information content (AvgIpc) is 2.28. The normalized spacial score (nSPS) is 9.56. The standard InChI is InChI=1S/C14H17NO/c1-4-9-15(10-5-2)14(16)13-8-6-7-12(3)11-13/h1,6-8,11H,5,9-10H2,2-3H3. The third kappa shape index (κ3) is 3.13. The molecule has 1 rings (SSSR count). The summed E-state index contributed by atoms with van der Waals surface area (Å²) in [6, 6.07) is 7.58. The number of rotatable bonds is 4. The summed E-state index contributed by atoms with van der Waals surface area (Å²) in [7, 11) is 0. The second-order valence-electron chi connectivity index (χ2n) is 3.80. The first kappa shape index (κ1) is 12.3. The van der Waals surface area contributed by atoms with E-state index in [1.807, 2.05) is 38.1 Å². The number of hydrogen-bond acceptors (Lipinski definition) is 1. The molecule has 1 aromatic carbocycles. The van der Waals surface area contributed by atoms with Crippen molar-refractivity contribution < 1.29 is 4.79 Å². The molecule has 1 amide bonds. The van der Waals surface area contributed by atoms with E-state index >= 15 is 0 Å². The first-order chi connectivity index (χ1) is 7.69. The van der Waals surface area contributed by atoms with Crippen LogP contribution in [0.2, 0.25) is 0 Å². The molecule has 0 fully saturated rings. The molecule has 84 valence electrons. The molecule has 1 aromatic rings. The third-order valence-corrected chi connectivity index (χ3v) is 2.33. The smallest absolute Gasteiger partial charge is 0.254 e. The van der Waals surface area contributed by atoms with Crippen LogP contribution in [-0.2, 0) is 0 Å². The number of nitrogens with zero attached hydrogens (tertiary/aromatic N) is 1. The zero-order chi connectivity index (χ0) is 12.0. The quantitative estimate of drug-likeness (QED) is 0.707. The van der Waals surface area contributed by atoms with Crippen LogP contribution in [0.4, 0.5) is 0 Å². The number of carbonyl (C=O) groups is 1. The van der Waals surface area contributed by atoms with Crippen LogP contribution < -0.4 is 0 Å². The Kier molecular flexibility index (Phi) is 4.60. The first-order valence-electron chi connectivity index (χ1n) is 5.48. The molecule has 0 bridgehead atoms. The predicted molar refractivity (Wildman–Crippen MR) is 66.2 cm³/mol. The van der Waals surface area contributed by atoms with Crippen molar-refractivity contribution >= 4 is 5.91 Å². The van der Waals surface area contributed by atoms with Crippen LogP contribution in [0.15, 0.2) is 24.3 Å². The lowest BCUT2D eigenvalue weighted by Crippen LogP contribution is -2.32. The van der Waals surface area contributed by atoms with E-state index in [-0.39, 0.29) is 5.91 Å². The summed E-state index contributed by atoms with van der Waals surface area (Å²) in [6.45, 7) is 5.09. The minimum absolute atomic E-state index is 0.0171. The highest BCUT2D eigenvalue weighted by Crippen LogP contribution is 2.08. The molecule has 0 aliphatic carbocycles. The Bertz CT molecular complexity index is 403. The van der Waals surface area contributed by atoms with Gasteiger partial charge >= 0.3 is 0 Å². The predicted octanol–water partition coefficient (Wildman–Crippen LogP) is 2.48. The van der Waals surface area contributed by atoms with Gasteiger partial charge in [-0.3, -0.25) is 4.79 Å². The Morgan fingerprint density at radius 2 is 2.25 bits per heavy atom. The Labute approximate surface area is 97.3 Å². The number of aryl methyl sites for hydroxylation is 1. The molecule has 2 heteroatoms. The molecule has 0 aliphatic rings. The highest BCUT2D eigenvalue weighted by atomic mass is 16.2. The fraction of sp³-hybridized carbons (Fsp3) is 0.357. The van der Waals surface area contributed by atoms with Gasteiger partial charge in [0.25, 0.3) is 5.91 Å². The van der Waals surface area contributed by atoms with Crippen LogP contribution in [0.25, 0.3) is 0 Å². The van der Waals surface area contributed by atoms with Crippen LogP contribution in [0.1, 0.15) is 29.3 Å². The molecule has 0 atom stereocenters. The van der Waals surface area contributed by atoms with Gasteiger partial charge < -0.3 is 4.90 Å².